The highest BCUT2D eigenvalue weighted by Gasteiger charge is 2.29. The molecule has 24 heavy (non-hydrogen) atoms. The Morgan fingerprint density at radius 3 is 2.29 bits per heavy atom. The van der Waals surface area contributed by atoms with Crippen molar-refractivity contribution in [1.29, 1.82) is 0 Å². The lowest BCUT2D eigenvalue weighted by Crippen LogP contribution is -2.29. The van der Waals surface area contributed by atoms with Crippen molar-refractivity contribution in [3.63, 3.8) is 0 Å². The summed E-state index contributed by atoms with van der Waals surface area (Å²) in [6.45, 7) is 1.79. The third kappa shape index (κ3) is 3.64. The number of carbonyl (C=O) groups is 2. The molecule has 3 rings (SSSR count). The fourth-order valence-electron chi connectivity index (χ4n) is 3.06. The number of aromatic nitrogens is 1. The van der Waals surface area contributed by atoms with Crippen LogP contribution in [0.1, 0.15) is 31.6 Å². The number of rotatable bonds is 4. The van der Waals surface area contributed by atoms with Crippen molar-refractivity contribution >= 4 is 17.6 Å². The first kappa shape index (κ1) is 16.2. The lowest BCUT2D eigenvalue weighted by Gasteiger charge is -2.25. The monoisotopic (exact) mass is 328 g/mol. The number of nitrogens with one attached hydrogen (secondary N) is 1. The molecule has 126 valence electrons. The largest absolute Gasteiger partial charge is 0.481 e. The molecule has 0 unspecified atom stereocenters. The minimum atomic E-state index is -0.757. The van der Waals surface area contributed by atoms with Gasteiger partial charge in [0, 0.05) is 24.1 Å². The zero-order valence-corrected chi connectivity index (χ0v) is 13.5. The van der Waals surface area contributed by atoms with E-state index in [1.54, 1.807) is 13.1 Å². The predicted molar refractivity (Wildman–Crippen MR) is 88.4 cm³/mol. The summed E-state index contributed by atoms with van der Waals surface area (Å²) in [6, 6.07) is 7.40. The minimum Gasteiger partial charge on any atom is -0.481 e. The number of aliphatic carboxylic acids is 1. The summed E-state index contributed by atoms with van der Waals surface area (Å²) in [5, 5.41) is 11.9. The normalized spacial score (nSPS) is 20.5. The van der Waals surface area contributed by atoms with Gasteiger partial charge in [0.15, 0.2) is 11.7 Å². The zero-order valence-electron chi connectivity index (χ0n) is 13.5. The van der Waals surface area contributed by atoms with Gasteiger partial charge in [0.1, 0.15) is 0 Å². The molecule has 1 aromatic heterocycles. The second-order valence-electron chi connectivity index (χ2n) is 6.20. The zero-order chi connectivity index (χ0) is 17.1. The van der Waals surface area contributed by atoms with Crippen LogP contribution in [0.15, 0.2) is 34.9 Å². The van der Waals surface area contributed by atoms with E-state index in [9.17, 15) is 9.59 Å². The molecule has 1 aliphatic carbocycles. The number of amides is 1. The number of carboxylic acids is 1. The maximum Gasteiger partial charge on any atom is 0.306 e. The molecule has 0 saturated heterocycles. The highest BCUT2D eigenvalue weighted by Crippen LogP contribution is 2.30. The number of carbonyl (C=O) groups excluding carboxylic acids is 1. The fraction of sp³-hybridized carbons (Fsp3) is 0.389. The molecular weight excluding hydrogens is 308 g/mol. The van der Waals surface area contributed by atoms with Gasteiger partial charge in [-0.15, -0.1) is 0 Å². The van der Waals surface area contributed by atoms with Gasteiger partial charge in [0.05, 0.1) is 12.1 Å². The second-order valence-corrected chi connectivity index (χ2v) is 6.20. The summed E-state index contributed by atoms with van der Waals surface area (Å²) in [5.41, 5.74) is 1.62. The van der Waals surface area contributed by atoms with Crippen LogP contribution in [0.2, 0.25) is 0 Å². The highest BCUT2D eigenvalue weighted by atomic mass is 16.4. The lowest BCUT2D eigenvalue weighted by atomic mass is 9.81. The van der Waals surface area contributed by atoms with Crippen LogP contribution in [0.3, 0.4) is 0 Å². The molecular formula is C18H20N2O4. The minimum absolute atomic E-state index is 0.0397. The van der Waals surface area contributed by atoms with Gasteiger partial charge >= 0.3 is 5.97 Å². The average Bonchev–Trinajstić information content (AvgIpc) is 3.02. The van der Waals surface area contributed by atoms with E-state index >= 15 is 0 Å². The smallest absolute Gasteiger partial charge is 0.306 e. The molecule has 1 aliphatic rings. The number of oxazole rings is 1. The van der Waals surface area contributed by atoms with E-state index in [1.807, 2.05) is 24.3 Å². The van der Waals surface area contributed by atoms with Crippen molar-refractivity contribution in [3.8, 4) is 11.3 Å². The Bertz CT molecular complexity index is 728. The quantitative estimate of drug-likeness (QED) is 0.896. The van der Waals surface area contributed by atoms with Crippen LogP contribution in [-0.4, -0.2) is 22.0 Å². The van der Waals surface area contributed by atoms with Gasteiger partial charge in [-0.05, 0) is 49.9 Å². The maximum absolute atomic E-state index is 12.3. The number of benzene rings is 1. The van der Waals surface area contributed by atoms with E-state index < -0.39 is 5.97 Å². The summed E-state index contributed by atoms with van der Waals surface area (Å²) < 4.78 is 5.47. The third-order valence-electron chi connectivity index (χ3n) is 4.51. The molecule has 0 aliphatic heterocycles. The van der Waals surface area contributed by atoms with E-state index in [0.29, 0.717) is 37.3 Å². The van der Waals surface area contributed by atoms with Gasteiger partial charge < -0.3 is 14.8 Å². The van der Waals surface area contributed by atoms with Crippen LogP contribution in [-0.2, 0) is 9.59 Å². The Balaban J connectivity index is 1.58. The van der Waals surface area contributed by atoms with Gasteiger partial charge in [-0.2, -0.15) is 0 Å². The van der Waals surface area contributed by atoms with Gasteiger partial charge in [-0.25, -0.2) is 4.98 Å². The number of aryl methyl sites for hydroxylation is 1. The van der Waals surface area contributed by atoms with Crippen LogP contribution in [0.5, 0.6) is 0 Å². The van der Waals surface area contributed by atoms with Gasteiger partial charge in [-0.1, -0.05) is 0 Å². The SMILES string of the molecule is Cc1ncc(-c2ccc(NC(=O)C3CCC(C(=O)O)CC3)cc2)o1. The van der Waals surface area contributed by atoms with Crippen LogP contribution >= 0.6 is 0 Å². The fourth-order valence-corrected chi connectivity index (χ4v) is 3.06. The van der Waals surface area contributed by atoms with E-state index in [4.69, 9.17) is 9.52 Å². The molecule has 0 radical (unpaired) electrons. The number of anilines is 1. The van der Waals surface area contributed by atoms with E-state index in [-0.39, 0.29) is 17.7 Å². The molecule has 2 aromatic rings. The first-order valence-corrected chi connectivity index (χ1v) is 8.09. The molecule has 0 bridgehead atoms. The Morgan fingerprint density at radius 2 is 1.75 bits per heavy atom. The van der Waals surface area contributed by atoms with E-state index in [0.717, 1.165) is 11.3 Å². The van der Waals surface area contributed by atoms with Gasteiger partial charge in [0.25, 0.3) is 0 Å². The molecule has 0 spiro atoms. The average molecular weight is 328 g/mol. The van der Waals surface area contributed by atoms with Crippen molar-refractivity contribution in [3.05, 3.63) is 36.4 Å². The summed E-state index contributed by atoms with van der Waals surface area (Å²) in [6.07, 6.45) is 4.05. The van der Waals surface area contributed by atoms with Crippen LogP contribution < -0.4 is 5.32 Å². The molecule has 1 aromatic carbocycles. The summed E-state index contributed by atoms with van der Waals surface area (Å²) in [7, 11) is 0. The number of hydrogen-bond acceptors (Lipinski definition) is 4. The van der Waals surface area contributed by atoms with Crippen molar-refractivity contribution in [2.75, 3.05) is 5.32 Å². The maximum atomic E-state index is 12.3. The van der Waals surface area contributed by atoms with Crippen LogP contribution in [0, 0.1) is 18.8 Å². The first-order valence-electron chi connectivity index (χ1n) is 8.09. The number of carboxylic acid groups (broad SMARTS) is 1. The Labute approximate surface area is 139 Å². The van der Waals surface area contributed by atoms with Crippen molar-refractivity contribution < 1.29 is 19.1 Å². The van der Waals surface area contributed by atoms with E-state index in [1.165, 1.54) is 0 Å². The van der Waals surface area contributed by atoms with Crippen LogP contribution in [0.4, 0.5) is 5.69 Å². The van der Waals surface area contributed by atoms with Gasteiger partial charge in [-0.3, -0.25) is 9.59 Å². The van der Waals surface area contributed by atoms with Crippen LogP contribution in [0.25, 0.3) is 11.3 Å². The number of nitrogens with zero attached hydrogens (tertiary/aromatic N) is 1. The topological polar surface area (TPSA) is 92.4 Å². The van der Waals surface area contributed by atoms with Gasteiger partial charge in [0.2, 0.25) is 5.91 Å². The molecule has 6 nitrogen and oxygen atoms in total. The Kier molecular flexibility index (Phi) is 4.64. The molecule has 2 N–H and O–H groups in total. The van der Waals surface area contributed by atoms with Crippen molar-refractivity contribution in [1.82, 2.24) is 4.98 Å². The third-order valence-corrected chi connectivity index (χ3v) is 4.51. The molecule has 6 heteroatoms. The molecule has 0 atom stereocenters. The molecule has 1 fully saturated rings. The van der Waals surface area contributed by atoms with E-state index in [2.05, 4.69) is 10.3 Å². The second kappa shape index (κ2) is 6.86. The summed E-state index contributed by atoms with van der Waals surface area (Å²) in [5.74, 6) is 0.0850. The van der Waals surface area contributed by atoms with Crippen molar-refractivity contribution in [2.24, 2.45) is 11.8 Å². The lowest BCUT2D eigenvalue weighted by molar-refractivity contribution is -0.143. The van der Waals surface area contributed by atoms with Crippen molar-refractivity contribution in [2.45, 2.75) is 32.6 Å². The molecule has 1 heterocycles. The number of hydrogen-bond donors (Lipinski definition) is 2. The predicted octanol–water partition coefficient (Wildman–Crippen LogP) is 3.48. The standard InChI is InChI=1S/C18H20N2O4/c1-11-19-10-16(24-11)12-6-8-15(9-7-12)20-17(21)13-2-4-14(5-3-13)18(22)23/h6-10,13-14H,2-5H2,1H3,(H,20,21)(H,22,23). The highest BCUT2D eigenvalue weighted by molar-refractivity contribution is 5.92. The summed E-state index contributed by atoms with van der Waals surface area (Å²) >= 11 is 0. The molecule has 1 saturated carbocycles. The molecule has 1 amide bonds. The Hall–Kier alpha value is -2.63. The summed E-state index contributed by atoms with van der Waals surface area (Å²) in [4.78, 5) is 27.3. The Morgan fingerprint density at radius 1 is 1.12 bits per heavy atom. The first-order chi connectivity index (χ1) is 11.5.